The first kappa shape index (κ1) is 30.8. The van der Waals surface area contributed by atoms with Crippen molar-refractivity contribution in [3.05, 3.63) is 129 Å². The van der Waals surface area contributed by atoms with Crippen molar-refractivity contribution in [1.82, 2.24) is 5.32 Å². The number of nitro groups is 1. The van der Waals surface area contributed by atoms with Gasteiger partial charge in [-0.05, 0) is 76.9 Å². The van der Waals surface area contributed by atoms with E-state index in [4.69, 9.17) is 4.74 Å². The van der Waals surface area contributed by atoms with Gasteiger partial charge >= 0.3 is 5.97 Å². The summed E-state index contributed by atoms with van der Waals surface area (Å²) in [5.74, 6) is 0.614. The quantitative estimate of drug-likeness (QED) is 0.0958. The second kappa shape index (κ2) is 15.2. The average molecular weight is 584 g/mol. The third-order valence-electron chi connectivity index (χ3n) is 7.26. The molecule has 0 spiro atoms. The Morgan fingerprint density at radius 3 is 2.26 bits per heavy atom. The van der Waals surface area contributed by atoms with E-state index in [-0.39, 0.29) is 22.6 Å². The minimum Gasteiger partial charge on any atom is -0.468 e. The number of ether oxygens (including phenoxy) is 1. The van der Waals surface area contributed by atoms with E-state index in [9.17, 15) is 14.9 Å². The standard InChI is InChI=1S/C34H37N3O4S/c1-25-9-7-8-12-31(25)32-21-27(13-16-28(32)22-35-33(19-20-42-3)34(38)41-2)24-36(29-10-5-4-6-11-29)23-26-14-17-30(18-15-26)37(39)40/h4-18,21,33,35H,19-20,22-24H2,1-3H3/t33-/m0/s1. The van der Waals surface area contributed by atoms with Crippen LogP contribution in [0.1, 0.15) is 28.7 Å². The van der Waals surface area contributed by atoms with Crippen LogP contribution in [-0.4, -0.2) is 36.1 Å². The molecule has 8 heteroatoms. The average Bonchev–Trinajstić information content (AvgIpc) is 3.02. The number of methoxy groups -OCH3 is 1. The Morgan fingerprint density at radius 1 is 0.929 bits per heavy atom. The zero-order valence-electron chi connectivity index (χ0n) is 24.3. The molecule has 4 rings (SSSR count). The van der Waals surface area contributed by atoms with Gasteiger partial charge in [-0.2, -0.15) is 11.8 Å². The molecule has 0 aliphatic rings. The van der Waals surface area contributed by atoms with Crippen LogP contribution in [0.5, 0.6) is 0 Å². The normalized spacial score (nSPS) is 11.6. The number of aryl methyl sites for hydroxylation is 1. The van der Waals surface area contributed by atoms with Crippen LogP contribution in [-0.2, 0) is 29.2 Å². The maximum absolute atomic E-state index is 12.4. The monoisotopic (exact) mass is 583 g/mol. The first-order valence-electron chi connectivity index (χ1n) is 13.9. The van der Waals surface area contributed by atoms with Gasteiger partial charge in [0.05, 0.1) is 12.0 Å². The fourth-order valence-corrected chi connectivity index (χ4v) is 5.43. The van der Waals surface area contributed by atoms with Crippen LogP contribution in [0.3, 0.4) is 0 Å². The molecule has 0 bridgehead atoms. The van der Waals surface area contributed by atoms with E-state index in [1.54, 1.807) is 23.9 Å². The summed E-state index contributed by atoms with van der Waals surface area (Å²) in [5, 5.41) is 14.6. The Morgan fingerprint density at radius 2 is 1.60 bits per heavy atom. The third kappa shape index (κ3) is 8.21. The van der Waals surface area contributed by atoms with E-state index < -0.39 is 0 Å². The Labute approximate surface area is 252 Å². The number of hydrogen-bond donors (Lipinski definition) is 1. The molecule has 0 aromatic heterocycles. The Hall–Kier alpha value is -4.14. The van der Waals surface area contributed by atoms with E-state index in [0.717, 1.165) is 39.3 Å². The highest BCUT2D eigenvalue weighted by molar-refractivity contribution is 7.98. The molecule has 1 atom stereocenters. The Kier molecular flexibility index (Phi) is 11.1. The molecule has 0 radical (unpaired) electrons. The number of rotatable bonds is 14. The van der Waals surface area contributed by atoms with Gasteiger partial charge in [-0.3, -0.25) is 14.9 Å². The van der Waals surface area contributed by atoms with Gasteiger partial charge in [-0.15, -0.1) is 0 Å². The lowest BCUT2D eigenvalue weighted by molar-refractivity contribution is -0.384. The smallest absolute Gasteiger partial charge is 0.322 e. The van der Waals surface area contributed by atoms with Gasteiger partial charge < -0.3 is 15.0 Å². The van der Waals surface area contributed by atoms with Gasteiger partial charge in [0, 0.05) is 37.5 Å². The van der Waals surface area contributed by atoms with E-state index in [2.05, 4.69) is 59.6 Å². The van der Waals surface area contributed by atoms with Crippen molar-refractivity contribution in [2.75, 3.05) is 24.0 Å². The second-order valence-corrected chi connectivity index (χ2v) is 11.1. The summed E-state index contributed by atoms with van der Waals surface area (Å²) >= 11 is 1.71. The number of esters is 1. The summed E-state index contributed by atoms with van der Waals surface area (Å²) in [4.78, 5) is 25.5. The largest absolute Gasteiger partial charge is 0.468 e. The van der Waals surface area contributed by atoms with Gasteiger partial charge in [0.25, 0.3) is 5.69 Å². The van der Waals surface area contributed by atoms with Gasteiger partial charge in [-0.1, -0.05) is 66.7 Å². The molecule has 0 fully saturated rings. The van der Waals surface area contributed by atoms with Crippen LogP contribution in [0.2, 0.25) is 0 Å². The number of non-ortho nitro benzene ring substituents is 1. The molecule has 0 heterocycles. The van der Waals surface area contributed by atoms with Crippen LogP contribution >= 0.6 is 11.8 Å². The number of nitro benzene ring substituents is 1. The van der Waals surface area contributed by atoms with Crippen molar-refractivity contribution in [3.63, 3.8) is 0 Å². The number of thioether (sulfide) groups is 1. The SMILES string of the molecule is COC(=O)[C@H](CCSC)NCc1ccc(CN(Cc2ccc([N+](=O)[O-])cc2)c2ccccc2)cc1-c1ccccc1C. The van der Waals surface area contributed by atoms with Crippen molar-refractivity contribution in [3.8, 4) is 11.1 Å². The zero-order valence-corrected chi connectivity index (χ0v) is 25.1. The molecule has 0 saturated heterocycles. The molecule has 0 amide bonds. The van der Waals surface area contributed by atoms with Crippen LogP contribution in [0.25, 0.3) is 11.1 Å². The van der Waals surface area contributed by atoms with Gasteiger partial charge in [-0.25, -0.2) is 0 Å². The number of hydrogen-bond acceptors (Lipinski definition) is 7. The van der Waals surface area contributed by atoms with Crippen molar-refractivity contribution in [2.24, 2.45) is 0 Å². The molecule has 4 aromatic carbocycles. The number of para-hydroxylation sites is 1. The van der Waals surface area contributed by atoms with Crippen LogP contribution in [0, 0.1) is 17.0 Å². The molecule has 0 aliphatic carbocycles. The van der Waals surface area contributed by atoms with Crippen LogP contribution < -0.4 is 10.2 Å². The third-order valence-corrected chi connectivity index (χ3v) is 7.90. The van der Waals surface area contributed by atoms with E-state index in [1.807, 2.05) is 48.7 Å². The molecule has 0 saturated carbocycles. The summed E-state index contributed by atoms with van der Waals surface area (Å²) in [5.41, 5.74) is 7.82. The van der Waals surface area contributed by atoms with Crippen molar-refractivity contribution < 1.29 is 14.5 Å². The molecular formula is C34H37N3O4S. The van der Waals surface area contributed by atoms with E-state index in [0.29, 0.717) is 26.1 Å². The Bertz CT molecular complexity index is 1480. The molecule has 7 nitrogen and oxygen atoms in total. The highest BCUT2D eigenvalue weighted by Crippen LogP contribution is 2.30. The molecule has 0 unspecified atom stereocenters. The fraction of sp³-hybridized carbons (Fsp3) is 0.265. The number of benzene rings is 4. The zero-order chi connectivity index (χ0) is 29.9. The minimum absolute atomic E-state index is 0.0833. The molecule has 4 aromatic rings. The lowest BCUT2D eigenvalue weighted by Crippen LogP contribution is -2.37. The summed E-state index contributed by atoms with van der Waals surface area (Å²) < 4.78 is 5.05. The maximum atomic E-state index is 12.4. The minimum atomic E-state index is -0.377. The summed E-state index contributed by atoms with van der Waals surface area (Å²) in [7, 11) is 1.43. The summed E-state index contributed by atoms with van der Waals surface area (Å²) in [6.07, 6.45) is 2.73. The molecule has 218 valence electrons. The first-order valence-corrected chi connectivity index (χ1v) is 15.3. The highest BCUT2D eigenvalue weighted by atomic mass is 32.2. The molecule has 1 N–H and O–H groups in total. The molecule has 0 aliphatic heterocycles. The number of anilines is 1. The van der Waals surface area contributed by atoms with E-state index >= 15 is 0 Å². The lowest BCUT2D eigenvalue weighted by Gasteiger charge is -2.26. The van der Waals surface area contributed by atoms with Gasteiger partial charge in [0.1, 0.15) is 6.04 Å². The summed E-state index contributed by atoms with van der Waals surface area (Å²) in [6, 6.07) is 31.4. The predicted molar refractivity (Wildman–Crippen MR) is 172 cm³/mol. The van der Waals surface area contributed by atoms with Gasteiger partial charge in [0.15, 0.2) is 0 Å². The molecular weight excluding hydrogens is 546 g/mol. The fourth-order valence-electron chi connectivity index (χ4n) is 4.96. The summed E-state index contributed by atoms with van der Waals surface area (Å²) in [6.45, 7) is 3.89. The van der Waals surface area contributed by atoms with Crippen molar-refractivity contribution >= 4 is 29.1 Å². The van der Waals surface area contributed by atoms with Crippen molar-refractivity contribution in [1.29, 1.82) is 0 Å². The highest BCUT2D eigenvalue weighted by Gasteiger charge is 2.19. The van der Waals surface area contributed by atoms with Crippen LogP contribution in [0.4, 0.5) is 11.4 Å². The predicted octanol–water partition coefficient (Wildman–Crippen LogP) is 7.16. The first-order chi connectivity index (χ1) is 20.4. The Balaban J connectivity index is 1.65. The van der Waals surface area contributed by atoms with Gasteiger partial charge in [0.2, 0.25) is 0 Å². The topological polar surface area (TPSA) is 84.7 Å². The lowest BCUT2D eigenvalue weighted by atomic mass is 9.93. The van der Waals surface area contributed by atoms with Crippen LogP contribution in [0.15, 0.2) is 97.1 Å². The van der Waals surface area contributed by atoms with E-state index in [1.165, 1.54) is 12.7 Å². The maximum Gasteiger partial charge on any atom is 0.322 e. The number of carbonyl (C=O) groups excluding carboxylic acids is 1. The number of carbonyl (C=O) groups is 1. The number of nitrogens with zero attached hydrogens (tertiary/aromatic N) is 2. The number of nitrogens with one attached hydrogen (secondary N) is 1. The molecule has 42 heavy (non-hydrogen) atoms. The second-order valence-electron chi connectivity index (χ2n) is 10.2. The van der Waals surface area contributed by atoms with Crippen molar-refractivity contribution in [2.45, 2.75) is 39.0 Å².